The number of aromatic carboxylic acids is 1. The van der Waals surface area contributed by atoms with E-state index in [9.17, 15) is 14.7 Å². The summed E-state index contributed by atoms with van der Waals surface area (Å²) in [5, 5.41) is 10.1. The smallest absolute Gasteiger partial charge is 0.335 e. The maximum atomic E-state index is 12.5. The molecule has 122 valence electrons. The summed E-state index contributed by atoms with van der Waals surface area (Å²) in [6.07, 6.45) is 0.662. The number of fused-ring (bicyclic) bond motifs is 1. The number of hydrogen-bond donors (Lipinski definition) is 1. The van der Waals surface area contributed by atoms with Crippen molar-refractivity contribution >= 4 is 16.9 Å². The summed E-state index contributed by atoms with van der Waals surface area (Å²) in [6.45, 7) is 4.47. The van der Waals surface area contributed by atoms with Gasteiger partial charge in [0.2, 0.25) is 0 Å². The summed E-state index contributed by atoms with van der Waals surface area (Å²) in [7, 11) is 0. The molecule has 1 heterocycles. The summed E-state index contributed by atoms with van der Waals surface area (Å²) in [5.41, 5.74) is 4.07. The lowest BCUT2D eigenvalue weighted by atomic mass is 10.0. The number of aryl methyl sites for hydroxylation is 2. The fourth-order valence-electron chi connectivity index (χ4n) is 3.04. The van der Waals surface area contributed by atoms with Gasteiger partial charge in [-0.05, 0) is 53.6 Å². The molecule has 0 aliphatic carbocycles. The predicted molar refractivity (Wildman–Crippen MR) is 94.8 cm³/mol. The number of nitrogens with zero attached hydrogens (tertiary/aromatic N) is 1. The lowest BCUT2D eigenvalue weighted by molar-refractivity contribution is 0.0697. The number of rotatable bonds is 4. The predicted octanol–water partition coefficient (Wildman–Crippen LogP) is 3.62. The van der Waals surface area contributed by atoms with Gasteiger partial charge in [0.1, 0.15) is 0 Å². The standard InChI is InChI=1S/C20H19NO3/c1-3-14-10-17(20(23)24)11-15-8-9-18(22)21(19(14)15)12-16-7-5-4-6-13(16)2/h4-11H,3,12H2,1-2H3,(H,23,24). The van der Waals surface area contributed by atoms with Crippen molar-refractivity contribution in [2.45, 2.75) is 26.8 Å². The fourth-order valence-corrected chi connectivity index (χ4v) is 3.04. The van der Waals surface area contributed by atoms with Gasteiger partial charge in [-0.3, -0.25) is 4.79 Å². The molecule has 24 heavy (non-hydrogen) atoms. The third-order valence-corrected chi connectivity index (χ3v) is 4.38. The molecule has 0 aliphatic rings. The zero-order valence-corrected chi connectivity index (χ0v) is 13.7. The molecule has 0 atom stereocenters. The third kappa shape index (κ3) is 2.83. The van der Waals surface area contributed by atoms with Crippen molar-refractivity contribution in [1.82, 2.24) is 4.57 Å². The van der Waals surface area contributed by atoms with Gasteiger partial charge < -0.3 is 9.67 Å². The molecule has 4 heteroatoms. The number of carboxylic acids is 1. The largest absolute Gasteiger partial charge is 0.478 e. The van der Waals surface area contributed by atoms with Crippen LogP contribution in [0.5, 0.6) is 0 Å². The van der Waals surface area contributed by atoms with Crippen molar-refractivity contribution in [2.75, 3.05) is 0 Å². The topological polar surface area (TPSA) is 59.3 Å². The average Bonchev–Trinajstić information content (AvgIpc) is 2.58. The average molecular weight is 321 g/mol. The van der Waals surface area contributed by atoms with Crippen molar-refractivity contribution in [3.63, 3.8) is 0 Å². The van der Waals surface area contributed by atoms with E-state index in [1.165, 1.54) is 6.07 Å². The van der Waals surface area contributed by atoms with E-state index in [2.05, 4.69) is 0 Å². The highest BCUT2D eigenvalue weighted by Crippen LogP contribution is 2.22. The lowest BCUT2D eigenvalue weighted by Crippen LogP contribution is -2.21. The number of carboxylic acid groups (broad SMARTS) is 1. The maximum absolute atomic E-state index is 12.5. The van der Waals surface area contributed by atoms with Gasteiger partial charge in [0, 0.05) is 6.07 Å². The van der Waals surface area contributed by atoms with Gasteiger partial charge in [-0.2, -0.15) is 0 Å². The van der Waals surface area contributed by atoms with E-state index in [0.717, 1.165) is 27.6 Å². The van der Waals surface area contributed by atoms with Gasteiger partial charge in [-0.1, -0.05) is 31.2 Å². The highest BCUT2D eigenvalue weighted by Gasteiger charge is 2.13. The van der Waals surface area contributed by atoms with Gasteiger partial charge in [0.25, 0.3) is 5.56 Å². The quantitative estimate of drug-likeness (QED) is 0.798. The van der Waals surface area contributed by atoms with Crippen molar-refractivity contribution in [3.8, 4) is 0 Å². The summed E-state index contributed by atoms with van der Waals surface area (Å²) in [5.74, 6) is -0.955. The number of aromatic nitrogens is 1. The zero-order valence-electron chi connectivity index (χ0n) is 13.7. The van der Waals surface area contributed by atoms with E-state index in [0.29, 0.717) is 13.0 Å². The summed E-state index contributed by atoms with van der Waals surface area (Å²) >= 11 is 0. The molecule has 2 aromatic carbocycles. The van der Waals surface area contributed by atoms with Gasteiger partial charge >= 0.3 is 5.97 Å². The van der Waals surface area contributed by atoms with Crippen molar-refractivity contribution in [3.05, 3.63) is 81.1 Å². The van der Waals surface area contributed by atoms with Crippen LogP contribution in [-0.4, -0.2) is 15.6 Å². The molecular weight excluding hydrogens is 302 g/mol. The first kappa shape index (κ1) is 16.0. The van der Waals surface area contributed by atoms with E-state index < -0.39 is 5.97 Å². The van der Waals surface area contributed by atoms with Gasteiger partial charge in [-0.15, -0.1) is 0 Å². The zero-order chi connectivity index (χ0) is 17.3. The molecule has 3 aromatic rings. The molecule has 0 spiro atoms. The molecule has 0 saturated heterocycles. The summed E-state index contributed by atoms with van der Waals surface area (Å²) < 4.78 is 1.74. The fraction of sp³-hybridized carbons (Fsp3) is 0.200. The second-order valence-electron chi connectivity index (χ2n) is 5.92. The minimum Gasteiger partial charge on any atom is -0.478 e. The molecule has 0 amide bonds. The number of carbonyl (C=O) groups is 1. The Morgan fingerprint density at radius 3 is 2.50 bits per heavy atom. The molecular formula is C20H19NO3. The molecule has 0 aliphatic heterocycles. The molecule has 4 nitrogen and oxygen atoms in total. The SMILES string of the molecule is CCc1cc(C(=O)O)cc2ccc(=O)n(Cc3ccccc3C)c12. The Hall–Kier alpha value is -2.88. The van der Waals surface area contributed by atoms with Gasteiger partial charge in [-0.25, -0.2) is 4.79 Å². The molecule has 3 rings (SSSR count). The first-order chi connectivity index (χ1) is 11.5. The molecule has 1 aromatic heterocycles. The summed E-state index contributed by atoms with van der Waals surface area (Å²) in [6, 6.07) is 14.5. The highest BCUT2D eigenvalue weighted by molar-refractivity contribution is 5.95. The van der Waals surface area contributed by atoms with Crippen LogP contribution >= 0.6 is 0 Å². The van der Waals surface area contributed by atoms with Gasteiger partial charge in [0.05, 0.1) is 17.6 Å². The first-order valence-electron chi connectivity index (χ1n) is 7.95. The summed E-state index contributed by atoms with van der Waals surface area (Å²) in [4.78, 5) is 23.8. The van der Waals surface area contributed by atoms with Crippen LogP contribution in [0.4, 0.5) is 0 Å². The Labute approximate surface area is 140 Å². The van der Waals surface area contributed by atoms with Crippen molar-refractivity contribution in [1.29, 1.82) is 0 Å². The Morgan fingerprint density at radius 2 is 1.83 bits per heavy atom. The van der Waals surface area contributed by atoms with Crippen LogP contribution in [0.3, 0.4) is 0 Å². The van der Waals surface area contributed by atoms with Crippen LogP contribution in [0, 0.1) is 6.92 Å². The van der Waals surface area contributed by atoms with Crippen LogP contribution in [0.1, 0.15) is 34.0 Å². The molecule has 0 saturated carbocycles. The van der Waals surface area contributed by atoms with E-state index in [1.807, 2.05) is 38.1 Å². The molecule has 0 unspecified atom stereocenters. The van der Waals surface area contributed by atoms with Crippen molar-refractivity contribution in [2.24, 2.45) is 0 Å². The Bertz CT molecular complexity index is 986. The normalized spacial score (nSPS) is 10.9. The Kier molecular flexibility index (Phi) is 4.21. The van der Waals surface area contributed by atoms with Crippen LogP contribution in [0.25, 0.3) is 10.9 Å². The number of pyridine rings is 1. The van der Waals surface area contributed by atoms with Crippen LogP contribution in [-0.2, 0) is 13.0 Å². The van der Waals surface area contributed by atoms with E-state index in [1.54, 1.807) is 22.8 Å². The molecule has 0 bridgehead atoms. The van der Waals surface area contributed by atoms with Crippen LogP contribution in [0.2, 0.25) is 0 Å². The minimum absolute atomic E-state index is 0.0801. The Balaban J connectivity index is 2.27. The molecule has 0 radical (unpaired) electrons. The Morgan fingerprint density at radius 1 is 1.08 bits per heavy atom. The lowest BCUT2D eigenvalue weighted by Gasteiger charge is -2.15. The minimum atomic E-state index is -0.955. The second kappa shape index (κ2) is 6.32. The number of benzene rings is 2. The molecule has 1 N–H and O–H groups in total. The van der Waals surface area contributed by atoms with E-state index >= 15 is 0 Å². The first-order valence-corrected chi connectivity index (χ1v) is 7.95. The van der Waals surface area contributed by atoms with Gasteiger partial charge in [0.15, 0.2) is 0 Å². The highest BCUT2D eigenvalue weighted by atomic mass is 16.4. The second-order valence-corrected chi connectivity index (χ2v) is 5.92. The number of hydrogen-bond acceptors (Lipinski definition) is 2. The van der Waals surface area contributed by atoms with E-state index in [4.69, 9.17) is 0 Å². The third-order valence-electron chi connectivity index (χ3n) is 4.38. The molecule has 0 fully saturated rings. The van der Waals surface area contributed by atoms with E-state index in [-0.39, 0.29) is 11.1 Å². The van der Waals surface area contributed by atoms with Crippen molar-refractivity contribution < 1.29 is 9.90 Å². The monoisotopic (exact) mass is 321 g/mol. The maximum Gasteiger partial charge on any atom is 0.335 e. The van der Waals surface area contributed by atoms with Crippen LogP contribution in [0.15, 0.2) is 53.3 Å². The van der Waals surface area contributed by atoms with Crippen LogP contribution < -0.4 is 5.56 Å².